The van der Waals surface area contributed by atoms with E-state index in [1.165, 1.54) is 31.4 Å². The monoisotopic (exact) mass is 365 g/mol. The van der Waals surface area contributed by atoms with Gasteiger partial charge in [0.1, 0.15) is 18.2 Å². The van der Waals surface area contributed by atoms with Gasteiger partial charge in [0.25, 0.3) is 0 Å². The van der Waals surface area contributed by atoms with Crippen LogP contribution < -0.4 is 10.1 Å². The summed E-state index contributed by atoms with van der Waals surface area (Å²) in [6, 6.07) is 5.01. The number of halogens is 1. The van der Waals surface area contributed by atoms with Gasteiger partial charge >= 0.3 is 0 Å². The lowest BCUT2D eigenvalue weighted by Gasteiger charge is -2.22. The van der Waals surface area contributed by atoms with Crippen LogP contribution in [0.5, 0.6) is 5.75 Å². The highest BCUT2D eigenvalue weighted by Crippen LogP contribution is 2.27. The number of benzene rings is 1. The van der Waals surface area contributed by atoms with E-state index in [2.05, 4.69) is 19.2 Å². The summed E-state index contributed by atoms with van der Waals surface area (Å²) in [5.74, 6) is 0.678. The summed E-state index contributed by atoms with van der Waals surface area (Å²) in [4.78, 5) is 11.9. The van der Waals surface area contributed by atoms with Crippen LogP contribution in [-0.2, 0) is 9.53 Å². The molecule has 5 heteroatoms. The zero-order valence-corrected chi connectivity index (χ0v) is 16.1. The smallest absolute Gasteiger partial charge is 0.220 e. The molecule has 1 aromatic rings. The largest absolute Gasteiger partial charge is 0.491 e. The Morgan fingerprint density at radius 2 is 1.96 bits per heavy atom. The first-order valence-electron chi connectivity index (χ1n) is 9.85. The molecule has 4 nitrogen and oxygen atoms in total. The fourth-order valence-electron chi connectivity index (χ4n) is 3.30. The number of rotatable bonds is 10. The van der Waals surface area contributed by atoms with E-state index >= 15 is 0 Å². The first-order valence-corrected chi connectivity index (χ1v) is 9.85. The Labute approximate surface area is 156 Å². The first-order chi connectivity index (χ1) is 12.6. The molecule has 26 heavy (non-hydrogen) atoms. The summed E-state index contributed by atoms with van der Waals surface area (Å²) in [6.45, 7) is 5.43. The van der Waals surface area contributed by atoms with E-state index in [4.69, 9.17) is 9.47 Å². The van der Waals surface area contributed by atoms with Crippen molar-refractivity contribution in [1.82, 2.24) is 5.32 Å². The van der Waals surface area contributed by atoms with E-state index in [0.29, 0.717) is 44.5 Å². The Balaban J connectivity index is 1.55. The van der Waals surface area contributed by atoms with Gasteiger partial charge in [0.15, 0.2) is 0 Å². The number of ether oxygens (including phenoxy) is 2. The van der Waals surface area contributed by atoms with Crippen LogP contribution in [0.1, 0.15) is 70.3 Å². The Morgan fingerprint density at radius 1 is 1.19 bits per heavy atom. The van der Waals surface area contributed by atoms with Crippen LogP contribution in [-0.4, -0.2) is 31.8 Å². The van der Waals surface area contributed by atoms with Crippen molar-refractivity contribution < 1.29 is 18.7 Å². The maximum absolute atomic E-state index is 13.4. The second-order valence-corrected chi connectivity index (χ2v) is 7.30. The summed E-state index contributed by atoms with van der Waals surface area (Å²) in [5, 5.41) is 3.11. The predicted molar refractivity (Wildman–Crippen MR) is 101 cm³/mol. The number of carbonyl (C=O) groups excluding carboxylic acids is 1. The van der Waals surface area contributed by atoms with Crippen LogP contribution in [0.4, 0.5) is 4.39 Å². The van der Waals surface area contributed by atoms with Crippen molar-refractivity contribution in [3.63, 3.8) is 0 Å². The van der Waals surface area contributed by atoms with Crippen molar-refractivity contribution in [3.8, 4) is 5.75 Å². The Morgan fingerprint density at radius 3 is 2.69 bits per heavy atom. The van der Waals surface area contributed by atoms with Crippen molar-refractivity contribution in [2.24, 2.45) is 0 Å². The normalized spacial score (nSPS) is 15.2. The van der Waals surface area contributed by atoms with Gasteiger partial charge in [-0.2, -0.15) is 0 Å². The highest BCUT2D eigenvalue weighted by Gasteiger charge is 2.15. The third-order valence-electron chi connectivity index (χ3n) is 4.75. The van der Waals surface area contributed by atoms with Crippen molar-refractivity contribution in [2.45, 2.75) is 70.8 Å². The first kappa shape index (κ1) is 20.7. The Hall–Kier alpha value is -1.62. The summed E-state index contributed by atoms with van der Waals surface area (Å²) < 4.78 is 24.6. The molecule has 0 atom stereocenters. The van der Waals surface area contributed by atoms with Gasteiger partial charge in [-0.25, -0.2) is 4.39 Å². The molecule has 1 fully saturated rings. The third-order valence-corrected chi connectivity index (χ3v) is 4.75. The molecule has 0 aliphatic heterocycles. The lowest BCUT2D eigenvalue weighted by atomic mass is 9.95. The van der Waals surface area contributed by atoms with Gasteiger partial charge in [-0.3, -0.25) is 4.79 Å². The molecule has 0 aromatic heterocycles. The van der Waals surface area contributed by atoms with E-state index in [0.717, 1.165) is 18.4 Å². The molecule has 0 spiro atoms. The van der Waals surface area contributed by atoms with Gasteiger partial charge < -0.3 is 14.8 Å². The Bertz CT molecular complexity index is 556. The highest BCUT2D eigenvalue weighted by molar-refractivity contribution is 5.76. The minimum Gasteiger partial charge on any atom is -0.491 e. The van der Waals surface area contributed by atoms with Crippen molar-refractivity contribution in [2.75, 3.05) is 19.8 Å². The molecule has 0 heterocycles. The summed E-state index contributed by atoms with van der Waals surface area (Å²) in [6.07, 6.45) is 7.15. The molecule has 1 amide bonds. The topological polar surface area (TPSA) is 47.6 Å². The fraction of sp³-hybridized carbons (Fsp3) is 0.667. The number of carbonyl (C=O) groups is 1. The average Bonchev–Trinajstić information content (AvgIpc) is 2.61. The Kier molecular flexibility index (Phi) is 8.89. The second kappa shape index (κ2) is 11.2. The molecule has 146 valence electrons. The minimum atomic E-state index is -0.297. The molecule has 1 saturated carbocycles. The minimum absolute atomic E-state index is 0.123. The van der Waals surface area contributed by atoms with Gasteiger partial charge in [-0.05, 0) is 36.8 Å². The highest BCUT2D eigenvalue weighted by atomic mass is 19.1. The molecular weight excluding hydrogens is 333 g/mol. The molecule has 0 saturated heterocycles. The summed E-state index contributed by atoms with van der Waals surface area (Å²) in [5.41, 5.74) is 0.991. The van der Waals surface area contributed by atoms with E-state index in [-0.39, 0.29) is 17.6 Å². The number of hydrogen-bond donors (Lipinski definition) is 1. The van der Waals surface area contributed by atoms with Crippen LogP contribution in [0.15, 0.2) is 18.2 Å². The lowest BCUT2D eigenvalue weighted by Crippen LogP contribution is -2.36. The third kappa shape index (κ3) is 7.32. The van der Waals surface area contributed by atoms with E-state index in [1.807, 2.05) is 0 Å². The van der Waals surface area contributed by atoms with E-state index in [1.54, 1.807) is 6.07 Å². The SMILES string of the molecule is CC(C)c1ccc(F)cc1OCCOCCCC(=O)NC1CCCCC1. The van der Waals surface area contributed by atoms with Gasteiger partial charge in [-0.15, -0.1) is 0 Å². The van der Waals surface area contributed by atoms with Gasteiger partial charge in [0.05, 0.1) is 6.61 Å². The fourth-order valence-corrected chi connectivity index (χ4v) is 3.30. The molecule has 1 aliphatic carbocycles. The van der Waals surface area contributed by atoms with Gasteiger partial charge in [-0.1, -0.05) is 39.2 Å². The van der Waals surface area contributed by atoms with E-state index in [9.17, 15) is 9.18 Å². The maximum atomic E-state index is 13.4. The molecule has 1 N–H and O–H groups in total. The molecule has 0 unspecified atom stereocenters. The van der Waals surface area contributed by atoms with Crippen molar-refractivity contribution in [3.05, 3.63) is 29.6 Å². The zero-order valence-electron chi connectivity index (χ0n) is 16.1. The maximum Gasteiger partial charge on any atom is 0.220 e. The van der Waals surface area contributed by atoms with Crippen LogP contribution >= 0.6 is 0 Å². The van der Waals surface area contributed by atoms with Crippen molar-refractivity contribution >= 4 is 5.91 Å². The predicted octanol–water partition coefficient (Wildman–Crippen LogP) is 4.57. The quantitative estimate of drug-likeness (QED) is 0.618. The van der Waals surface area contributed by atoms with Crippen LogP contribution in [0.2, 0.25) is 0 Å². The number of amides is 1. The second-order valence-electron chi connectivity index (χ2n) is 7.30. The van der Waals surface area contributed by atoms with Gasteiger partial charge in [0, 0.05) is 25.1 Å². The lowest BCUT2D eigenvalue weighted by molar-refractivity contribution is -0.122. The summed E-state index contributed by atoms with van der Waals surface area (Å²) in [7, 11) is 0. The average molecular weight is 365 g/mol. The van der Waals surface area contributed by atoms with Gasteiger partial charge in [0.2, 0.25) is 5.91 Å². The van der Waals surface area contributed by atoms with Crippen LogP contribution in [0.25, 0.3) is 0 Å². The molecule has 2 rings (SSSR count). The zero-order chi connectivity index (χ0) is 18.8. The molecule has 1 aliphatic rings. The van der Waals surface area contributed by atoms with E-state index < -0.39 is 0 Å². The molecule has 0 bridgehead atoms. The van der Waals surface area contributed by atoms with Crippen LogP contribution in [0, 0.1) is 5.82 Å². The standard InChI is InChI=1S/C21H32FNO3/c1-16(2)19-11-10-17(22)15-20(19)26-14-13-25-12-6-9-21(24)23-18-7-4-3-5-8-18/h10-11,15-16,18H,3-9,12-14H2,1-2H3,(H,23,24). The number of nitrogens with one attached hydrogen (secondary N) is 1. The van der Waals surface area contributed by atoms with Crippen LogP contribution in [0.3, 0.4) is 0 Å². The number of hydrogen-bond acceptors (Lipinski definition) is 3. The molecule has 1 aromatic carbocycles. The van der Waals surface area contributed by atoms with Crippen molar-refractivity contribution in [1.29, 1.82) is 0 Å². The summed E-state index contributed by atoms with van der Waals surface area (Å²) >= 11 is 0. The molecule has 0 radical (unpaired) electrons. The molecular formula is C21H32FNO3.